The van der Waals surface area contributed by atoms with E-state index in [1.807, 2.05) is 19.0 Å². The first kappa shape index (κ1) is 17.0. The molecule has 0 atom stereocenters. The van der Waals surface area contributed by atoms with Crippen molar-refractivity contribution in [1.82, 2.24) is 10.1 Å². The lowest BCUT2D eigenvalue weighted by Gasteiger charge is -2.09. The molecule has 1 N–H and O–H groups in total. The smallest absolute Gasteiger partial charge is 0.265 e. The van der Waals surface area contributed by atoms with Gasteiger partial charge in [-0.3, -0.25) is 4.79 Å². The highest BCUT2D eigenvalue weighted by molar-refractivity contribution is 6.12. The van der Waals surface area contributed by atoms with Gasteiger partial charge in [0, 0.05) is 0 Å². The molecule has 1 aromatic heterocycles. The molecule has 0 aliphatic heterocycles. The predicted octanol–water partition coefficient (Wildman–Crippen LogP) is 2.85. The van der Waals surface area contributed by atoms with Crippen molar-refractivity contribution < 1.29 is 19.2 Å². The maximum Gasteiger partial charge on any atom is 0.265 e. The first-order chi connectivity index (χ1) is 11.0. The summed E-state index contributed by atoms with van der Waals surface area (Å²) in [6.07, 6.45) is 1.84. The van der Waals surface area contributed by atoms with Crippen molar-refractivity contribution >= 4 is 5.78 Å². The Hall–Kier alpha value is -2.34. The first-order valence-electron chi connectivity index (χ1n) is 7.63. The number of hydrogen-bond acceptors (Lipinski definition) is 6. The van der Waals surface area contributed by atoms with Crippen LogP contribution in [0.3, 0.4) is 0 Å². The van der Waals surface area contributed by atoms with Crippen LogP contribution in [0.2, 0.25) is 0 Å². The number of carbonyl (C=O) groups excluding carboxylic acids is 1. The Bertz CT molecular complexity index is 664. The van der Waals surface area contributed by atoms with Crippen LogP contribution in [0.4, 0.5) is 0 Å². The summed E-state index contributed by atoms with van der Waals surface area (Å²) in [5.41, 5.74) is 0.479. The van der Waals surface area contributed by atoms with Crippen molar-refractivity contribution in [3.8, 4) is 11.6 Å². The summed E-state index contributed by atoms with van der Waals surface area (Å²) in [5, 5.41) is 13.8. The fourth-order valence-electron chi connectivity index (χ4n) is 2.14. The fourth-order valence-corrected chi connectivity index (χ4v) is 2.14. The molecule has 1 aromatic carbocycles. The van der Waals surface area contributed by atoms with Crippen molar-refractivity contribution in [2.75, 3.05) is 20.7 Å². The third-order valence-corrected chi connectivity index (χ3v) is 3.30. The molecule has 0 saturated carbocycles. The molecule has 1 heterocycles. The summed E-state index contributed by atoms with van der Waals surface area (Å²) < 4.78 is 10.9. The van der Waals surface area contributed by atoms with Crippen molar-refractivity contribution in [3.05, 3.63) is 41.2 Å². The van der Waals surface area contributed by atoms with Crippen molar-refractivity contribution in [2.45, 2.75) is 26.3 Å². The van der Waals surface area contributed by atoms with E-state index < -0.39 is 0 Å². The molecule has 0 fully saturated rings. The van der Waals surface area contributed by atoms with Crippen LogP contribution in [0.25, 0.3) is 0 Å². The molecule has 124 valence electrons. The van der Waals surface area contributed by atoms with Crippen LogP contribution < -0.4 is 4.74 Å². The van der Waals surface area contributed by atoms with Crippen LogP contribution in [0, 0.1) is 0 Å². The zero-order valence-electron chi connectivity index (χ0n) is 13.7. The lowest BCUT2D eigenvalue weighted by molar-refractivity contribution is 0.103. The van der Waals surface area contributed by atoms with Gasteiger partial charge >= 0.3 is 0 Å². The van der Waals surface area contributed by atoms with Gasteiger partial charge in [-0.1, -0.05) is 25.5 Å². The number of phenols is 1. The van der Waals surface area contributed by atoms with Crippen LogP contribution in [0.15, 0.2) is 28.8 Å². The average molecular weight is 318 g/mol. The van der Waals surface area contributed by atoms with Gasteiger partial charge in [0.1, 0.15) is 11.3 Å². The summed E-state index contributed by atoms with van der Waals surface area (Å²) in [6, 6.07) is 6.41. The van der Waals surface area contributed by atoms with Gasteiger partial charge in [0.15, 0.2) is 5.76 Å². The number of para-hydroxylation sites is 1. The maximum absolute atomic E-state index is 12.8. The SMILES string of the molecule is CCCCOc1noc(CN(C)C)c1C(=O)c1ccccc1O. The van der Waals surface area contributed by atoms with Crippen molar-refractivity contribution in [2.24, 2.45) is 0 Å². The number of aromatic nitrogens is 1. The second-order valence-electron chi connectivity index (χ2n) is 5.57. The summed E-state index contributed by atoms with van der Waals surface area (Å²) in [4.78, 5) is 14.7. The van der Waals surface area contributed by atoms with Gasteiger partial charge in [-0.15, -0.1) is 0 Å². The Labute approximate surface area is 135 Å². The molecule has 6 nitrogen and oxygen atoms in total. The maximum atomic E-state index is 12.8. The molecule has 0 spiro atoms. The minimum atomic E-state index is -0.354. The summed E-state index contributed by atoms with van der Waals surface area (Å²) in [6.45, 7) is 2.93. The van der Waals surface area contributed by atoms with E-state index in [4.69, 9.17) is 9.26 Å². The molecule has 0 unspecified atom stereocenters. The third-order valence-electron chi connectivity index (χ3n) is 3.30. The number of nitrogens with zero attached hydrogens (tertiary/aromatic N) is 2. The van der Waals surface area contributed by atoms with Gasteiger partial charge in [0.05, 0.1) is 18.7 Å². The minimum absolute atomic E-state index is 0.0750. The van der Waals surface area contributed by atoms with E-state index in [0.29, 0.717) is 18.9 Å². The van der Waals surface area contributed by atoms with Gasteiger partial charge in [0.25, 0.3) is 5.88 Å². The highest BCUT2D eigenvalue weighted by Gasteiger charge is 2.27. The van der Waals surface area contributed by atoms with Crippen LogP contribution in [0.1, 0.15) is 41.4 Å². The highest BCUT2D eigenvalue weighted by Crippen LogP contribution is 2.29. The molecule has 2 rings (SSSR count). The number of rotatable bonds is 8. The quantitative estimate of drug-likeness (QED) is 0.596. The number of unbranched alkanes of at least 4 members (excludes halogenated alkanes) is 1. The van der Waals surface area contributed by atoms with Gasteiger partial charge in [-0.25, -0.2) is 0 Å². The zero-order chi connectivity index (χ0) is 16.8. The normalized spacial score (nSPS) is 11.0. The molecule has 23 heavy (non-hydrogen) atoms. The number of hydrogen-bond donors (Lipinski definition) is 1. The number of carbonyl (C=O) groups is 1. The second kappa shape index (κ2) is 7.78. The monoisotopic (exact) mass is 318 g/mol. The van der Waals surface area contributed by atoms with Crippen LogP contribution in [-0.4, -0.2) is 41.6 Å². The highest BCUT2D eigenvalue weighted by atomic mass is 16.5. The topological polar surface area (TPSA) is 75.8 Å². The third kappa shape index (κ3) is 4.10. The summed E-state index contributed by atoms with van der Waals surface area (Å²) in [7, 11) is 3.74. The number of ketones is 1. The van der Waals surface area contributed by atoms with E-state index in [2.05, 4.69) is 12.1 Å². The van der Waals surface area contributed by atoms with Gasteiger partial charge in [-0.2, -0.15) is 0 Å². The zero-order valence-corrected chi connectivity index (χ0v) is 13.7. The van der Waals surface area contributed by atoms with Crippen LogP contribution >= 0.6 is 0 Å². The van der Waals surface area contributed by atoms with Crippen LogP contribution in [-0.2, 0) is 6.54 Å². The number of aromatic hydroxyl groups is 1. The standard InChI is InChI=1S/C17H22N2O4/c1-4-5-10-22-17-15(14(23-18-17)11-19(2)3)16(21)12-8-6-7-9-13(12)20/h6-9,20H,4-5,10-11H2,1-3H3. The summed E-state index contributed by atoms with van der Waals surface area (Å²) >= 11 is 0. The van der Waals surface area contributed by atoms with Gasteiger partial charge < -0.3 is 19.3 Å². The molecule has 2 aromatic rings. The molecule has 0 aliphatic rings. The molecular formula is C17H22N2O4. The van der Waals surface area contributed by atoms with Crippen molar-refractivity contribution in [3.63, 3.8) is 0 Å². The molecule has 0 aliphatic carbocycles. The van der Waals surface area contributed by atoms with E-state index in [1.54, 1.807) is 18.2 Å². The lowest BCUT2D eigenvalue weighted by atomic mass is 10.0. The average Bonchev–Trinajstić information content (AvgIpc) is 2.89. The number of benzene rings is 1. The largest absolute Gasteiger partial charge is 0.507 e. The lowest BCUT2D eigenvalue weighted by Crippen LogP contribution is -2.14. The molecular weight excluding hydrogens is 296 g/mol. The van der Waals surface area contributed by atoms with Gasteiger partial charge in [0.2, 0.25) is 5.78 Å². The van der Waals surface area contributed by atoms with E-state index in [9.17, 15) is 9.90 Å². The van der Waals surface area contributed by atoms with Crippen molar-refractivity contribution in [1.29, 1.82) is 0 Å². The van der Waals surface area contributed by atoms with E-state index in [0.717, 1.165) is 12.8 Å². The Morgan fingerprint density at radius 3 is 2.74 bits per heavy atom. The number of phenolic OH excluding ortho intramolecular Hbond substituents is 1. The molecule has 0 bridgehead atoms. The van der Waals surface area contributed by atoms with Gasteiger partial charge in [-0.05, 0) is 37.8 Å². The Morgan fingerprint density at radius 1 is 1.35 bits per heavy atom. The minimum Gasteiger partial charge on any atom is -0.507 e. The number of ether oxygens (including phenoxy) is 1. The second-order valence-corrected chi connectivity index (χ2v) is 5.57. The predicted molar refractivity (Wildman–Crippen MR) is 85.8 cm³/mol. The summed E-state index contributed by atoms with van der Waals surface area (Å²) in [5.74, 6) is 0.181. The van der Waals surface area contributed by atoms with E-state index >= 15 is 0 Å². The molecule has 0 saturated heterocycles. The Morgan fingerprint density at radius 2 is 2.09 bits per heavy atom. The molecule has 0 amide bonds. The van der Waals surface area contributed by atoms with E-state index in [1.165, 1.54) is 6.07 Å². The Kier molecular flexibility index (Phi) is 5.76. The Balaban J connectivity index is 2.38. The van der Waals surface area contributed by atoms with Crippen LogP contribution in [0.5, 0.6) is 11.6 Å². The van der Waals surface area contributed by atoms with E-state index in [-0.39, 0.29) is 28.5 Å². The molecule has 0 radical (unpaired) electrons. The fraction of sp³-hybridized carbons (Fsp3) is 0.412. The molecule has 6 heteroatoms. The first-order valence-corrected chi connectivity index (χ1v) is 7.63.